The Hall–Kier alpha value is -0.0900. The van der Waals surface area contributed by atoms with Crippen molar-refractivity contribution >= 4 is 40.3 Å². The topological polar surface area (TPSA) is 20.3 Å². The number of nitrogens with zero attached hydrogens (tertiary/aromatic N) is 1. The number of thiophene rings is 1. The number of alkyl halides is 2. The van der Waals surface area contributed by atoms with E-state index in [1.54, 1.807) is 11.3 Å². The summed E-state index contributed by atoms with van der Waals surface area (Å²) in [7, 11) is 0. The molecule has 0 atom stereocenters. The summed E-state index contributed by atoms with van der Waals surface area (Å²) in [5.74, 6) is 1.35. The molecule has 2 nitrogen and oxygen atoms in total. The molecule has 0 radical (unpaired) electrons. The quantitative estimate of drug-likeness (QED) is 0.541. The molecule has 0 spiro atoms. The average molecular weight is 294 g/mol. The van der Waals surface area contributed by atoms with Crippen LogP contribution in [0.3, 0.4) is 0 Å². The van der Waals surface area contributed by atoms with Crippen molar-refractivity contribution in [1.82, 2.24) is 4.90 Å². The van der Waals surface area contributed by atoms with Crippen molar-refractivity contribution in [3.63, 3.8) is 0 Å². The van der Waals surface area contributed by atoms with Crippen molar-refractivity contribution in [3.05, 3.63) is 21.9 Å². The summed E-state index contributed by atoms with van der Waals surface area (Å²) in [6, 6.07) is 3.88. The van der Waals surface area contributed by atoms with Crippen molar-refractivity contribution in [3.8, 4) is 0 Å². The third kappa shape index (κ3) is 5.38. The van der Waals surface area contributed by atoms with Gasteiger partial charge in [0.1, 0.15) is 0 Å². The Kier molecular flexibility index (Phi) is 7.12. The fraction of sp³-hybridized carbons (Fsp3) is 0.583. The maximum atomic E-state index is 11.9. The molecule has 1 aromatic heterocycles. The van der Waals surface area contributed by atoms with E-state index in [0.29, 0.717) is 18.2 Å². The highest BCUT2D eigenvalue weighted by Gasteiger charge is 2.11. The van der Waals surface area contributed by atoms with Gasteiger partial charge >= 0.3 is 0 Å². The third-order valence-electron chi connectivity index (χ3n) is 2.47. The molecule has 1 heterocycles. The number of rotatable bonds is 8. The van der Waals surface area contributed by atoms with Gasteiger partial charge in [-0.3, -0.25) is 4.79 Å². The standard InChI is InChI=1S/C12H17Cl2NOS/c1-10-2-3-12(17-10)11(16)4-7-15(8-5-13)9-6-14/h2-3H,4-9H2,1H3. The van der Waals surface area contributed by atoms with E-state index in [0.717, 1.165) is 24.5 Å². The molecular formula is C12H17Cl2NOS. The van der Waals surface area contributed by atoms with Crippen molar-refractivity contribution in [2.75, 3.05) is 31.4 Å². The van der Waals surface area contributed by atoms with Gasteiger partial charge in [-0.25, -0.2) is 0 Å². The van der Waals surface area contributed by atoms with Crippen LogP contribution in [0.25, 0.3) is 0 Å². The highest BCUT2D eigenvalue weighted by Crippen LogP contribution is 2.16. The highest BCUT2D eigenvalue weighted by molar-refractivity contribution is 7.14. The second-order valence-corrected chi connectivity index (χ2v) is 5.85. The summed E-state index contributed by atoms with van der Waals surface area (Å²) >= 11 is 13.0. The zero-order valence-corrected chi connectivity index (χ0v) is 12.2. The first kappa shape index (κ1) is 15.0. The van der Waals surface area contributed by atoms with Gasteiger partial charge < -0.3 is 4.90 Å². The van der Waals surface area contributed by atoms with Crippen LogP contribution in [-0.2, 0) is 0 Å². The van der Waals surface area contributed by atoms with Gasteiger partial charge in [0.15, 0.2) is 5.78 Å². The van der Waals surface area contributed by atoms with Crippen LogP contribution in [-0.4, -0.2) is 42.1 Å². The Balaban J connectivity index is 2.40. The van der Waals surface area contributed by atoms with Gasteiger partial charge in [-0.1, -0.05) is 0 Å². The molecule has 0 aliphatic heterocycles. The first-order valence-electron chi connectivity index (χ1n) is 5.61. The number of carbonyl (C=O) groups excluding carboxylic acids is 1. The van der Waals surface area contributed by atoms with Gasteiger partial charge in [0, 0.05) is 42.7 Å². The monoisotopic (exact) mass is 293 g/mol. The Morgan fingerprint density at radius 2 is 1.88 bits per heavy atom. The molecule has 0 amide bonds. The van der Waals surface area contributed by atoms with Crippen molar-refractivity contribution in [1.29, 1.82) is 0 Å². The van der Waals surface area contributed by atoms with E-state index in [-0.39, 0.29) is 5.78 Å². The summed E-state index contributed by atoms with van der Waals surface area (Å²) < 4.78 is 0. The molecule has 1 aromatic rings. The minimum absolute atomic E-state index is 0.206. The minimum Gasteiger partial charge on any atom is -0.301 e. The molecule has 0 unspecified atom stereocenters. The molecule has 0 fully saturated rings. The predicted octanol–water partition coefficient (Wildman–Crippen LogP) is 3.41. The van der Waals surface area contributed by atoms with E-state index in [2.05, 4.69) is 4.90 Å². The third-order valence-corrected chi connectivity index (χ3v) is 3.85. The summed E-state index contributed by atoms with van der Waals surface area (Å²) in [6.45, 7) is 4.31. The van der Waals surface area contributed by atoms with Crippen LogP contribution in [0.4, 0.5) is 0 Å². The molecular weight excluding hydrogens is 277 g/mol. The van der Waals surface area contributed by atoms with Crippen LogP contribution in [0.1, 0.15) is 21.0 Å². The second-order valence-electron chi connectivity index (χ2n) is 3.80. The molecule has 0 saturated carbocycles. The van der Waals surface area contributed by atoms with Crippen molar-refractivity contribution in [2.45, 2.75) is 13.3 Å². The molecule has 1 rings (SSSR count). The smallest absolute Gasteiger partial charge is 0.174 e. The summed E-state index contributed by atoms with van der Waals surface area (Å²) in [5.41, 5.74) is 0. The lowest BCUT2D eigenvalue weighted by atomic mass is 10.2. The predicted molar refractivity (Wildman–Crippen MR) is 75.9 cm³/mol. The molecule has 0 bridgehead atoms. The second kappa shape index (κ2) is 8.09. The fourth-order valence-corrected chi connectivity index (χ4v) is 2.85. The maximum absolute atomic E-state index is 11.9. The molecule has 17 heavy (non-hydrogen) atoms. The lowest BCUT2D eigenvalue weighted by molar-refractivity contribution is 0.0970. The Labute approximate surface area is 117 Å². The van der Waals surface area contributed by atoms with Crippen LogP contribution in [0, 0.1) is 6.92 Å². The molecule has 0 saturated heterocycles. The maximum Gasteiger partial charge on any atom is 0.174 e. The van der Waals surface area contributed by atoms with E-state index < -0.39 is 0 Å². The number of Topliss-reactive ketones (excluding diaryl/α,β-unsaturated/α-hetero) is 1. The first-order chi connectivity index (χ1) is 8.17. The van der Waals surface area contributed by atoms with E-state index in [1.165, 1.54) is 4.88 Å². The van der Waals surface area contributed by atoms with E-state index in [9.17, 15) is 4.79 Å². The normalized spacial score (nSPS) is 11.1. The lowest BCUT2D eigenvalue weighted by Crippen LogP contribution is -2.30. The van der Waals surface area contributed by atoms with Crippen LogP contribution < -0.4 is 0 Å². The molecule has 0 aliphatic carbocycles. The van der Waals surface area contributed by atoms with E-state index in [4.69, 9.17) is 23.2 Å². The molecule has 96 valence electrons. The lowest BCUT2D eigenvalue weighted by Gasteiger charge is -2.18. The number of halogens is 2. The largest absolute Gasteiger partial charge is 0.301 e. The highest BCUT2D eigenvalue weighted by atomic mass is 35.5. The van der Waals surface area contributed by atoms with Crippen LogP contribution in [0.2, 0.25) is 0 Å². The number of aryl methyl sites for hydroxylation is 1. The molecule has 0 N–H and O–H groups in total. The Morgan fingerprint density at radius 3 is 2.35 bits per heavy atom. The van der Waals surface area contributed by atoms with Crippen LogP contribution >= 0.6 is 34.5 Å². The average Bonchev–Trinajstić information content (AvgIpc) is 2.73. The van der Waals surface area contributed by atoms with Crippen LogP contribution in [0.15, 0.2) is 12.1 Å². The Bertz CT molecular complexity index is 348. The number of hydrogen-bond acceptors (Lipinski definition) is 3. The SMILES string of the molecule is Cc1ccc(C(=O)CCN(CCCl)CCCl)s1. The van der Waals surface area contributed by atoms with Gasteiger partial charge in [0.05, 0.1) is 4.88 Å². The van der Waals surface area contributed by atoms with Crippen molar-refractivity contribution < 1.29 is 4.79 Å². The van der Waals surface area contributed by atoms with Crippen molar-refractivity contribution in [2.24, 2.45) is 0 Å². The first-order valence-corrected chi connectivity index (χ1v) is 7.50. The van der Waals surface area contributed by atoms with Gasteiger partial charge in [0.2, 0.25) is 0 Å². The van der Waals surface area contributed by atoms with E-state index >= 15 is 0 Å². The molecule has 5 heteroatoms. The summed E-state index contributed by atoms with van der Waals surface area (Å²) in [6.07, 6.45) is 0.535. The minimum atomic E-state index is 0.206. The van der Waals surface area contributed by atoms with Gasteiger partial charge in [0.25, 0.3) is 0 Å². The summed E-state index contributed by atoms with van der Waals surface area (Å²) in [4.78, 5) is 16.0. The van der Waals surface area contributed by atoms with E-state index in [1.807, 2.05) is 19.1 Å². The number of hydrogen-bond donors (Lipinski definition) is 0. The van der Waals surface area contributed by atoms with Gasteiger partial charge in [-0.15, -0.1) is 34.5 Å². The van der Waals surface area contributed by atoms with Crippen LogP contribution in [0.5, 0.6) is 0 Å². The zero-order chi connectivity index (χ0) is 12.7. The van der Waals surface area contributed by atoms with Gasteiger partial charge in [-0.2, -0.15) is 0 Å². The Morgan fingerprint density at radius 1 is 1.24 bits per heavy atom. The number of carbonyl (C=O) groups is 1. The van der Waals surface area contributed by atoms with Gasteiger partial charge in [-0.05, 0) is 19.1 Å². The molecule has 0 aliphatic rings. The summed E-state index contributed by atoms with van der Waals surface area (Å²) in [5, 5.41) is 0. The fourth-order valence-electron chi connectivity index (χ4n) is 1.54. The number of ketones is 1. The molecule has 0 aromatic carbocycles. The zero-order valence-electron chi connectivity index (χ0n) is 9.92.